The molecule has 0 rings (SSSR count). The minimum Gasteiger partial charge on any atom is -0.423 e. The summed E-state index contributed by atoms with van der Waals surface area (Å²) in [5.74, 6) is 0.802. The molecule has 0 aliphatic carbocycles. The largest absolute Gasteiger partial charge is 0.423 e. The van der Waals surface area contributed by atoms with Crippen LogP contribution in [0.25, 0.3) is 0 Å². The van der Waals surface area contributed by atoms with Crippen LogP contribution in [0.4, 0.5) is 0 Å². The highest BCUT2D eigenvalue weighted by Gasteiger charge is 2.14. The van der Waals surface area contributed by atoms with Crippen molar-refractivity contribution in [2.24, 2.45) is 5.92 Å². The Morgan fingerprint density at radius 2 is 1.90 bits per heavy atom. The summed E-state index contributed by atoms with van der Waals surface area (Å²) in [6.07, 6.45) is 2.46. The van der Waals surface area contributed by atoms with Crippen LogP contribution in [0.3, 0.4) is 0 Å². The zero-order valence-electron chi connectivity index (χ0n) is 7.90. The average Bonchev–Trinajstić information content (AvgIpc) is 1.85. The van der Waals surface area contributed by atoms with Crippen LogP contribution in [0.15, 0.2) is 0 Å². The molecule has 0 amide bonds. The lowest BCUT2D eigenvalue weighted by molar-refractivity contribution is 0.105. The molecule has 0 aromatic carbocycles. The van der Waals surface area contributed by atoms with Gasteiger partial charge in [0.2, 0.25) is 0 Å². The van der Waals surface area contributed by atoms with E-state index in [0.717, 1.165) is 16.4 Å². The third kappa shape index (κ3) is 5.00. The third-order valence-corrected chi connectivity index (χ3v) is 2.98. The zero-order valence-corrected chi connectivity index (χ0v) is 9.90. The smallest absolute Gasteiger partial charge is 0.146 e. The third-order valence-electron chi connectivity index (χ3n) is 1.88. The lowest BCUT2D eigenvalue weighted by atomic mass is 9.97. The molecule has 0 unspecified atom stereocenters. The van der Waals surface area contributed by atoms with Crippen molar-refractivity contribution in [2.75, 3.05) is 0 Å². The molecule has 0 N–H and O–H groups in total. The molecule has 0 aromatic heterocycles. The fourth-order valence-electron chi connectivity index (χ4n) is 0.738. The fourth-order valence-corrected chi connectivity index (χ4v) is 0.942. The molecule has 2 heteroatoms. The Bertz CT molecular complexity index is 89.3. The molecule has 0 heterocycles. The molecule has 62 valence electrons. The Balaban J connectivity index is 3.46. The van der Waals surface area contributed by atoms with Gasteiger partial charge in [0, 0.05) is 5.60 Å². The van der Waals surface area contributed by atoms with Gasteiger partial charge in [-0.3, -0.25) is 0 Å². The van der Waals surface area contributed by atoms with Gasteiger partial charge in [0.1, 0.15) is 10.5 Å². The highest BCUT2D eigenvalue weighted by atomic mass is 28.2. The van der Waals surface area contributed by atoms with E-state index in [1.807, 2.05) is 0 Å². The van der Waals surface area contributed by atoms with Gasteiger partial charge in [-0.05, 0) is 32.6 Å². The molecule has 10 heavy (non-hydrogen) atoms. The van der Waals surface area contributed by atoms with Crippen LogP contribution in [-0.4, -0.2) is 16.1 Å². The minimum absolute atomic E-state index is 0.135. The molecule has 0 atom stereocenters. The van der Waals surface area contributed by atoms with Crippen molar-refractivity contribution in [3.63, 3.8) is 0 Å². The molecule has 0 fully saturated rings. The first-order chi connectivity index (χ1) is 4.48. The van der Waals surface area contributed by atoms with E-state index in [9.17, 15) is 0 Å². The van der Waals surface area contributed by atoms with Crippen LogP contribution < -0.4 is 0 Å². The minimum atomic E-state index is 0.135. The van der Waals surface area contributed by atoms with Crippen molar-refractivity contribution in [3.05, 3.63) is 0 Å². The predicted molar refractivity (Wildman–Crippen MR) is 49.2 cm³/mol. The number of hydrogen-bond donors (Lipinski definition) is 0. The van der Waals surface area contributed by atoms with E-state index in [1.54, 1.807) is 0 Å². The van der Waals surface area contributed by atoms with E-state index in [2.05, 4.69) is 27.7 Å². The van der Waals surface area contributed by atoms with E-state index < -0.39 is 0 Å². The number of rotatable bonds is 4. The van der Waals surface area contributed by atoms with Crippen LogP contribution in [0.1, 0.15) is 40.5 Å². The highest BCUT2D eigenvalue weighted by Crippen LogP contribution is 2.18. The summed E-state index contributed by atoms with van der Waals surface area (Å²) >= 11 is 0. The summed E-state index contributed by atoms with van der Waals surface area (Å²) in [5.41, 5.74) is 0.135. The molecule has 0 aliphatic rings. The fraction of sp³-hybridized carbons (Fsp3) is 1.00. The molecule has 0 bridgehead atoms. The molecule has 0 saturated heterocycles. The van der Waals surface area contributed by atoms with Gasteiger partial charge in [0.25, 0.3) is 0 Å². The Morgan fingerprint density at radius 1 is 1.40 bits per heavy atom. The monoisotopic (exact) mass is 160 g/mol. The van der Waals surface area contributed by atoms with Gasteiger partial charge >= 0.3 is 0 Å². The molecule has 1 nitrogen and oxygen atoms in total. The van der Waals surface area contributed by atoms with Crippen LogP contribution >= 0.6 is 0 Å². The first-order valence-electron chi connectivity index (χ1n) is 4.03. The van der Waals surface area contributed by atoms with Crippen molar-refractivity contribution >= 4 is 10.5 Å². The molecule has 0 aliphatic heterocycles. The lowest BCUT2D eigenvalue weighted by Crippen LogP contribution is -2.23. The zero-order chi connectivity index (χ0) is 8.20. The first-order valence-corrected chi connectivity index (χ1v) is 4.85. The second kappa shape index (κ2) is 4.14. The molecular formula is C8H20OSi. The van der Waals surface area contributed by atoms with Crippen LogP contribution in [0.5, 0.6) is 0 Å². The topological polar surface area (TPSA) is 9.23 Å². The quantitative estimate of drug-likeness (QED) is 0.566. The van der Waals surface area contributed by atoms with E-state index >= 15 is 0 Å². The van der Waals surface area contributed by atoms with Crippen molar-refractivity contribution in [1.29, 1.82) is 0 Å². The Kier molecular flexibility index (Phi) is 4.21. The van der Waals surface area contributed by atoms with Gasteiger partial charge < -0.3 is 4.43 Å². The van der Waals surface area contributed by atoms with Crippen molar-refractivity contribution in [2.45, 2.75) is 46.1 Å². The van der Waals surface area contributed by atoms with Crippen molar-refractivity contribution in [1.82, 2.24) is 0 Å². The second-order valence-corrected chi connectivity index (χ2v) is 4.30. The van der Waals surface area contributed by atoms with Gasteiger partial charge in [-0.1, -0.05) is 13.8 Å². The summed E-state index contributed by atoms with van der Waals surface area (Å²) in [6.45, 7) is 8.84. The van der Waals surface area contributed by atoms with Crippen LogP contribution in [-0.2, 0) is 4.43 Å². The lowest BCUT2D eigenvalue weighted by Gasteiger charge is -2.24. The summed E-state index contributed by atoms with van der Waals surface area (Å²) < 4.78 is 5.43. The van der Waals surface area contributed by atoms with Gasteiger partial charge in [-0.15, -0.1) is 0 Å². The maximum Gasteiger partial charge on any atom is 0.146 e. The second-order valence-electron chi connectivity index (χ2n) is 3.90. The van der Waals surface area contributed by atoms with Crippen LogP contribution in [0.2, 0.25) is 0 Å². The van der Waals surface area contributed by atoms with Crippen molar-refractivity contribution < 1.29 is 4.43 Å². The Labute approximate surface area is 67.7 Å². The first kappa shape index (κ1) is 10.2. The van der Waals surface area contributed by atoms with Gasteiger partial charge in [0.15, 0.2) is 0 Å². The average molecular weight is 160 g/mol. The number of hydrogen-bond acceptors (Lipinski definition) is 1. The van der Waals surface area contributed by atoms with Gasteiger partial charge in [-0.2, -0.15) is 0 Å². The standard InChI is InChI=1S/C8H20OSi/c1-7(2)5-6-8(3,4)9-10/h7H,5-6H2,1-4,10H3. The molecular weight excluding hydrogens is 140 g/mol. The van der Waals surface area contributed by atoms with E-state index in [-0.39, 0.29) is 5.60 Å². The van der Waals surface area contributed by atoms with E-state index in [1.165, 1.54) is 12.8 Å². The van der Waals surface area contributed by atoms with Gasteiger partial charge in [-0.25, -0.2) is 0 Å². The van der Waals surface area contributed by atoms with Crippen molar-refractivity contribution in [3.8, 4) is 0 Å². The molecule has 0 spiro atoms. The van der Waals surface area contributed by atoms with Crippen LogP contribution in [0, 0.1) is 5.92 Å². The molecule has 0 saturated carbocycles. The van der Waals surface area contributed by atoms with E-state index in [0.29, 0.717) is 0 Å². The summed E-state index contributed by atoms with van der Waals surface area (Å²) in [5, 5.41) is 0. The Morgan fingerprint density at radius 3 is 2.20 bits per heavy atom. The van der Waals surface area contributed by atoms with Gasteiger partial charge in [0.05, 0.1) is 0 Å². The predicted octanol–water partition coefficient (Wildman–Crippen LogP) is 1.50. The molecule has 0 radical (unpaired) electrons. The molecule has 0 aromatic rings. The summed E-state index contributed by atoms with van der Waals surface area (Å²) in [6, 6.07) is 0. The summed E-state index contributed by atoms with van der Waals surface area (Å²) in [4.78, 5) is 0. The van der Waals surface area contributed by atoms with E-state index in [4.69, 9.17) is 4.43 Å². The maximum atomic E-state index is 5.43. The summed E-state index contributed by atoms with van der Waals surface area (Å²) in [7, 11) is 0.857. The Hall–Kier alpha value is 0.177. The SMILES string of the molecule is CC(C)CCC(C)(C)O[SiH3]. The normalized spacial score (nSPS) is 12.9. The maximum absolute atomic E-state index is 5.43. The highest BCUT2D eigenvalue weighted by molar-refractivity contribution is 5.98.